The van der Waals surface area contributed by atoms with E-state index in [0.717, 1.165) is 42.6 Å². The molecule has 1 aliphatic heterocycles. The number of urea groups is 1. The lowest BCUT2D eigenvalue weighted by atomic mass is 9.69. The molecule has 1 saturated carbocycles. The molecule has 1 aromatic carbocycles. The average Bonchev–Trinajstić information content (AvgIpc) is 3.24. The van der Waals surface area contributed by atoms with Gasteiger partial charge in [-0.2, -0.15) is 4.98 Å². The lowest BCUT2D eigenvalue weighted by molar-refractivity contribution is -0.125. The minimum absolute atomic E-state index is 0.0332. The van der Waals surface area contributed by atoms with Crippen molar-refractivity contribution >= 4 is 11.9 Å². The monoisotopic (exact) mass is 372 g/mol. The van der Waals surface area contributed by atoms with E-state index in [1.54, 1.807) is 19.2 Å². The van der Waals surface area contributed by atoms with Crippen molar-refractivity contribution in [2.24, 2.45) is 0 Å². The fourth-order valence-electron chi connectivity index (χ4n) is 4.04. The highest BCUT2D eigenvalue weighted by atomic mass is 19.1. The van der Waals surface area contributed by atoms with Crippen LogP contribution in [0.2, 0.25) is 0 Å². The van der Waals surface area contributed by atoms with E-state index in [0.29, 0.717) is 5.82 Å². The molecule has 1 saturated heterocycles. The summed E-state index contributed by atoms with van der Waals surface area (Å²) in [4.78, 5) is 31.0. The molecule has 2 aromatic rings. The van der Waals surface area contributed by atoms with E-state index in [1.807, 2.05) is 0 Å². The zero-order chi connectivity index (χ0) is 19.0. The van der Waals surface area contributed by atoms with Crippen molar-refractivity contribution in [2.45, 2.75) is 44.1 Å². The number of carbonyl (C=O) groups is 2. The highest BCUT2D eigenvalue weighted by Crippen LogP contribution is 2.43. The van der Waals surface area contributed by atoms with Gasteiger partial charge in [0.25, 0.3) is 5.91 Å². The Morgan fingerprint density at radius 3 is 2.48 bits per heavy atom. The van der Waals surface area contributed by atoms with Gasteiger partial charge in [-0.05, 0) is 30.5 Å². The molecule has 8 heteroatoms. The number of amides is 3. The number of benzene rings is 1. The fraction of sp³-hybridized carbons (Fsp3) is 0.474. The van der Waals surface area contributed by atoms with Crippen LogP contribution in [0.1, 0.15) is 49.4 Å². The van der Waals surface area contributed by atoms with Crippen LogP contribution in [0.3, 0.4) is 0 Å². The maximum Gasteiger partial charge on any atom is 0.327 e. The second kappa shape index (κ2) is 6.75. The molecule has 1 aliphatic carbocycles. The van der Waals surface area contributed by atoms with E-state index in [-0.39, 0.29) is 36.7 Å². The predicted octanol–water partition coefficient (Wildman–Crippen LogP) is 2.85. The van der Waals surface area contributed by atoms with Gasteiger partial charge in [-0.1, -0.05) is 36.6 Å². The van der Waals surface area contributed by atoms with Crippen molar-refractivity contribution in [3.8, 4) is 0 Å². The molecule has 27 heavy (non-hydrogen) atoms. The third-order valence-electron chi connectivity index (χ3n) is 5.52. The molecule has 0 unspecified atom stereocenters. The fourth-order valence-corrected chi connectivity index (χ4v) is 4.04. The number of halogens is 1. The Balaban J connectivity index is 1.64. The number of aromatic nitrogens is 2. The quantitative estimate of drug-likeness (QED) is 0.771. The first kappa shape index (κ1) is 17.6. The van der Waals surface area contributed by atoms with E-state index < -0.39 is 5.41 Å². The molecule has 7 nitrogen and oxygen atoms in total. The zero-order valence-electron chi connectivity index (χ0n) is 15.2. The predicted molar refractivity (Wildman–Crippen MR) is 93.1 cm³/mol. The summed E-state index contributed by atoms with van der Waals surface area (Å²) in [6.45, 7) is 0.0217. The third-order valence-corrected chi connectivity index (χ3v) is 5.52. The van der Waals surface area contributed by atoms with E-state index in [1.165, 1.54) is 17.0 Å². The van der Waals surface area contributed by atoms with E-state index in [2.05, 4.69) is 10.1 Å². The summed E-state index contributed by atoms with van der Waals surface area (Å²) >= 11 is 0. The van der Waals surface area contributed by atoms with Gasteiger partial charge in [0.05, 0.1) is 5.41 Å². The Morgan fingerprint density at radius 2 is 1.85 bits per heavy atom. The first-order chi connectivity index (χ1) is 13.0. The smallest absolute Gasteiger partial charge is 0.327 e. The largest absolute Gasteiger partial charge is 0.337 e. The molecule has 1 aromatic heterocycles. The third kappa shape index (κ3) is 3.09. The van der Waals surface area contributed by atoms with Gasteiger partial charge in [0, 0.05) is 7.05 Å². The van der Waals surface area contributed by atoms with Gasteiger partial charge < -0.3 is 9.42 Å². The van der Waals surface area contributed by atoms with Crippen molar-refractivity contribution in [3.05, 3.63) is 47.4 Å². The van der Waals surface area contributed by atoms with Gasteiger partial charge in [-0.25, -0.2) is 9.18 Å². The number of imide groups is 1. The van der Waals surface area contributed by atoms with Gasteiger partial charge in [-0.3, -0.25) is 9.69 Å². The topological polar surface area (TPSA) is 79.5 Å². The summed E-state index contributed by atoms with van der Waals surface area (Å²) in [5.74, 6) is 0.201. The minimum Gasteiger partial charge on any atom is -0.337 e. The molecule has 142 valence electrons. The van der Waals surface area contributed by atoms with Crippen molar-refractivity contribution < 1.29 is 18.5 Å². The van der Waals surface area contributed by atoms with Crippen LogP contribution in [0, 0.1) is 5.82 Å². The van der Waals surface area contributed by atoms with Gasteiger partial charge >= 0.3 is 6.03 Å². The molecule has 0 spiro atoms. The summed E-state index contributed by atoms with van der Waals surface area (Å²) in [5, 5.41) is 4.18. The van der Waals surface area contributed by atoms with Gasteiger partial charge in [0.1, 0.15) is 18.9 Å². The van der Waals surface area contributed by atoms with Crippen LogP contribution in [-0.2, 0) is 16.8 Å². The Hall–Kier alpha value is -2.77. The van der Waals surface area contributed by atoms with Crippen LogP contribution in [0.5, 0.6) is 0 Å². The lowest BCUT2D eigenvalue weighted by Crippen LogP contribution is -2.32. The summed E-state index contributed by atoms with van der Waals surface area (Å²) in [6.07, 6.45) is 4.88. The Bertz CT molecular complexity index is 858. The molecular formula is C19H21FN4O3. The standard InChI is InChI=1S/C19H21FN4O3/c1-23-12-16(25)24(18(23)26)11-15-21-17(22-27-15)19(9-3-2-4-10-19)13-5-7-14(20)8-6-13/h5-8H,2-4,9-12H2,1H3. The zero-order valence-corrected chi connectivity index (χ0v) is 15.2. The molecular weight excluding hydrogens is 351 g/mol. The van der Waals surface area contributed by atoms with Crippen LogP contribution in [0.15, 0.2) is 28.8 Å². The van der Waals surface area contributed by atoms with E-state index in [9.17, 15) is 14.0 Å². The van der Waals surface area contributed by atoms with Crippen LogP contribution in [-0.4, -0.2) is 45.5 Å². The Morgan fingerprint density at radius 1 is 1.15 bits per heavy atom. The van der Waals surface area contributed by atoms with E-state index >= 15 is 0 Å². The Kier molecular flexibility index (Phi) is 4.41. The first-order valence-electron chi connectivity index (χ1n) is 9.14. The molecule has 0 bridgehead atoms. The number of rotatable bonds is 4. The van der Waals surface area contributed by atoms with E-state index in [4.69, 9.17) is 4.52 Å². The molecule has 2 fully saturated rings. The second-order valence-corrected chi connectivity index (χ2v) is 7.28. The number of likely N-dealkylation sites (N-methyl/N-ethyl adjacent to an activating group) is 1. The van der Waals surface area contributed by atoms with Crippen LogP contribution in [0.4, 0.5) is 9.18 Å². The van der Waals surface area contributed by atoms with Gasteiger partial charge in [0.2, 0.25) is 5.89 Å². The highest BCUT2D eigenvalue weighted by Gasteiger charge is 2.41. The molecule has 4 rings (SSSR count). The van der Waals surface area contributed by atoms with Crippen molar-refractivity contribution in [2.75, 3.05) is 13.6 Å². The van der Waals surface area contributed by atoms with Crippen LogP contribution >= 0.6 is 0 Å². The van der Waals surface area contributed by atoms with Gasteiger partial charge in [-0.15, -0.1) is 0 Å². The molecule has 0 atom stereocenters. The molecule has 3 amide bonds. The maximum atomic E-state index is 13.4. The van der Waals surface area contributed by atoms with Gasteiger partial charge in [0.15, 0.2) is 5.82 Å². The normalized spacial score (nSPS) is 19.8. The first-order valence-corrected chi connectivity index (χ1v) is 9.14. The highest BCUT2D eigenvalue weighted by molar-refractivity contribution is 6.01. The molecule has 2 heterocycles. The van der Waals surface area contributed by atoms with Crippen LogP contribution < -0.4 is 0 Å². The van der Waals surface area contributed by atoms with Crippen molar-refractivity contribution in [1.82, 2.24) is 19.9 Å². The number of carbonyl (C=O) groups excluding carboxylic acids is 2. The average molecular weight is 372 g/mol. The molecule has 0 N–H and O–H groups in total. The van der Waals surface area contributed by atoms with Crippen molar-refractivity contribution in [3.63, 3.8) is 0 Å². The van der Waals surface area contributed by atoms with Crippen molar-refractivity contribution in [1.29, 1.82) is 0 Å². The molecule has 0 radical (unpaired) electrons. The number of hydrogen-bond acceptors (Lipinski definition) is 5. The summed E-state index contributed by atoms with van der Waals surface area (Å²) in [6, 6.07) is 6.08. The number of hydrogen-bond donors (Lipinski definition) is 0. The maximum absolute atomic E-state index is 13.4. The summed E-state index contributed by atoms with van der Waals surface area (Å²) in [5.41, 5.74) is 0.535. The molecule has 2 aliphatic rings. The Labute approximate surface area is 156 Å². The van der Waals surface area contributed by atoms with Crippen LogP contribution in [0.25, 0.3) is 0 Å². The summed E-state index contributed by atoms with van der Waals surface area (Å²) < 4.78 is 18.8. The summed E-state index contributed by atoms with van der Waals surface area (Å²) in [7, 11) is 1.57. The number of nitrogens with zero attached hydrogens (tertiary/aromatic N) is 4. The SMILES string of the molecule is CN1CC(=O)N(Cc2nc(C3(c4ccc(F)cc4)CCCCC3)no2)C1=O. The lowest BCUT2D eigenvalue weighted by Gasteiger charge is -2.35. The minimum atomic E-state index is -0.427. The second-order valence-electron chi connectivity index (χ2n) is 7.28.